The Morgan fingerprint density at radius 3 is 2.31 bits per heavy atom. The predicted molar refractivity (Wildman–Crippen MR) is 63.0 cm³/mol. The van der Waals surface area contributed by atoms with E-state index in [-0.39, 0.29) is 0 Å². The molecular weight excluding hydrogens is 252 g/mol. The lowest BCUT2D eigenvalue weighted by molar-refractivity contribution is -0.197. The Morgan fingerprint density at radius 1 is 1.38 bits per heavy atom. The standard InChI is InChI=1S/C10H19ClO4S/c1-9(2,14-3)15-8-4-5-10(6-7-10)16(11,12)13/h4-8H2,1-3H3. The van der Waals surface area contributed by atoms with Crippen LogP contribution in [-0.2, 0) is 18.5 Å². The van der Waals surface area contributed by atoms with Gasteiger partial charge in [-0.1, -0.05) is 0 Å². The molecule has 4 nitrogen and oxygen atoms in total. The molecule has 0 N–H and O–H groups in total. The first kappa shape index (κ1) is 14.2. The first-order valence-electron chi connectivity index (χ1n) is 5.36. The van der Waals surface area contributed by atoms with E-state index in [4.69, 9.17) is 20.2 Å². The molecule has 0 heterocycles. The van der Waals surface area contributed by atoms with Crippen LogP contribution in [-0.4, -0.2) is 32.7 Å². The van der Waals surface area contributed by atoms with E-state index in [0.717, 1.165) is 0 Å². The van der Waals surface area contributed by atoms with Crippen molar-refractivity contribution in [2.24, 2.45) is 0 Å². The minimum atomic E-state index is -3.43. The zero-order valence-electron chi connectivity index (χ0n) is 9.95. The Morgan fingerprint density at radius 2 is 1.94 bits per heavy atom. The topological polar surface area (TPSA) is 52.6 Å². The normalized spacial score (nSPS) is 19.8. The van der Waals surface area contributed by atoms with Gasteiger partial charge in [-0.3, -0.25) is 0 Å². The van der Waals surface area contributed by atoms with Crippen LogP contribution in [0, 0.1) is 0 Å². The lowest BCUT2D eigenvalue weighted by Gasteiger charge is -2.23. The van der Waals surface area contributed by atoms with Gasteiger partial charge < -0.3 is 9.47 Å². The lowest BCUT2D eigenvalue weighted by atomic mass is 10.2. The molecule has 6 heteroatoms. The van der Waals surface area contributed by atoms with Crippen molar-refractivity contribution in [3.05, 3.63) is 0 Å². The van der Waals surface area contributed by atoms with E-state index >= 15 is 0 Å². The number of methoxy groups -OCH3 is 1. The van der Waals surface area contributed by atoms with Crippen LogP contribution in [0.1, 0.15) is 39.5 Å². The van der Waals surface area contributed by atoms with Crippen molar-refractivity contribution in [2.75, 3.05) is 13.7 Å². The molecule has 16 heavy (non-hydrogen) atoms. The lowest BCUT2D eigenvalue weighted by Crippen LogP contribution is -2.27. The fourth-order valence-electron chi connectivity index (χ4n) is 1.53. The molecule has 1 fully saturated rings. The number of halogens is 1. The molecule has 0 aliphatic heterocycles. The maximum Gasteiger partial charge on any atom is 0.238 e. The SMILES string of the molecule is COC(C)(C)OCCCC1(S(=O)(=O)Cl)CC1. The number of hydrogen-bond donors (Lipinski definition) is 0. The van der Waals surface area contributed by atoms with Gasteiger partial charge in [0.15, 0.2) is 5.79 Å². The molecule has 0 radical (unpaired) electrons. The summed E-state index contributed by atoms with van der Waals surface area (Å²) in [6.45, 7) is 4.12. The maximum atomic E-state index is 11.3. The second-order valence-corrected chi connectivity index (χ2v) is 7.64. The molecular formula is C10H19ClO4S. The van der Waals surface area contributed by atoms with Gasteiger partial charge in [0.05, 0.1) is 11.4 Å². The van der Waals surface area contributed by atoms with E-state index in [9.17, 15) is 8.42 Å². The summed E-state index contributed by atoms with van der Waals surface area (Å²) < 4.78 is 32.4. The van der Waals surface area contributed by atoms with E-state index in [2.05, 4.69) is 0 Å². The Kier molecular flexibility index (Phi) is 4.27. The fraction of sp³-hybridized carbons (Fsp3) is 1.00. The van der Waals surface area contributed by atoms with E-state index in [1.165, 1.54) is 0 Å². The van der Waals surface area contributed by atoms with Crippen LogP contribution in [0.25, 0.3) is 0 Å². The Labute approximate surface area is 102 Å². The molecule has 0 amide bonds. The summed E-state index contributed by atoms with van der Waals surface area (Å²) in [4.78, 5) is 0. The van der Waals surface area contributed by atoms with Gasteiger partial charge in [-0.25, -0.2) is 8.42 Å². The third kappa shape index (κ3) is 3.58. The molecule has 0 aromatic rings. The molecule has 0 unspecified atom stereocenters. The second-order valence-electron chi connectivity index (χ2n) is 4.68. The van der Waals surface area contributed by atoms with E-state index in [1.807, 2.05) is 13.8 Å². The first-order chi connectivity index (χ1) is 7.22. The quantitative estimate of drug-likeness (QED) is 0.405. The van der Waals surface area contributed by atoms with E-state index in [0.29, 0.717) is 32.3 Å². The van der Waals surface area contributed by atoms with Crippen LogP contribution in [0.15, 0.2) is 0 Å². The van der Waals surface area contributed by atoms with Gasteiger partial charge in [0.2, 0.25) is 9.05 Å². The molecule has 96 valence electrons. The summed E-state index contributed by atoms with van der Waals surface area (Å²) in [7, 11) is 3.54. The molecule has 0 bridgehead atoms. The Hall–Kier alpha value is 0.160. The van der Waals surface area contributed by atoms with Crippen LogP contribution in [0.4, 0.5) is 0 Å². The first-order valence-corrected chi connectivity index (χ1v) is 7.67. The van der Waals surface area contributed by atoms with Gasteiger partial charge in [0.1, 0.15) is 0 Å². The third-order valence-corrected chi connectivity index (χ3v) is 5.67. The number of ether oxygens (including phenoxy) is 2. The number of hydrogen-bond acceptors (Lipinski definition) is 4. The van der Waals surface area contributed by atoms with Crippen LogP contribution < -0.4 is 0 Å². The summed E-state index contributed by atoms with van der Waals surface area (Å²) >= 11 is 0. The van der Waals surface area contributed by atoms with E-state index in [1.54, 1.807) is 7.11 Å². The molecule has 0 saturated heterocycles. The summed E-state index contributed by atoms with van der Waals surface area (Å²) in [5, 5.41) is 0. The van der Waals surface area contributed by atoms with Gasteiger partial charge in [-0.05, 0) is 39.5 Å². The Balaban J connectivity index is 2.28. The van der Waals surface area contributed by atoms with Crippen molar-refractivity contribution in [1.29, 1.82) is 0 Å². The molecule has 1 aliphatic carbocycles. The van der Waals surface area contributed by atoms with Gasteiger partial charge in [0, 0.05) is 17.8 Å². The van der Waals surface area contributed by atoms with Crippen LogP contribution >= 0.6 is 10.7 Å². The van der Waals surface area contributed by atoms with Gasteiger partial charge in [-0.15, -0.1) is 0 Å². The third-order valence-electron chi connectivity index (χ3n) is 3.04. The zero-order valence-corrected chi connectivity index (χ0v) is 11.5. The maximum absolute atomic E-state index is 11.3. The highest BCUT2D eigenvalue weighted by Crippen LogP contribution is 2.49. The van der Waals surface area contributed by atoms with Crippen LogP contribution in [0.5, 0.6) is 0 Å². The highest BCUT2D eigenvalue weighted by molar-refractivity contribution is 8.15. The minimum Gasteiger partial charge on any atom is -0.354 e. The largest absolute Gasteiger partial charge is 0.354 e. The highest BCUT2D eigenvalue weighted by atomic mass is 35.7. The van der Waals surface area contributed by atoms with Crippen molar-refractivity contribution < 1.29 is 17.9 Å². The van der Waals surface area contributed by atoms with Gasteiger partial charge in [0.25, 0.3) is 0 Å². The summed E-state index contributed by atoms with van der Waals surface area (Å²) in [6.07, 6.45) is 2.59. The van der Waals surface area contributed by atoms with Crippen molar-refractivity contribution in [1.82, 2.24) is 0 Å². The minimum absolute atomic E-state index is 0.481. The van der Waals surface area contributed by atoms with Crippen molar-refractivity contribution in [2.45, 2.75) is 50.1 Å². The van der Waals surface area contributed by atoms with E-state index < -0.39 is 19.6 Å². The monoisotopic (exact) mass is 270 g/mol. The second kappa shape index (κ2) is 4.80. The summed E-state index contributed by atoms with van der Waals surface area (Å²) in [5.74, 6) is -0.615. The number of rotatable bonds is 7. The van der Waals surface area contributed by atoms with Gasteiger partial charge >= 0.3 is 0 Å². The van der Waals surface area contributed by atoms with Crippen molar-refractivity contribution in [3.63, 3.8) is 0 Å². The molecule has 1 rings (SSSR count). The molecule has 1 saturated carbocycles. The fourth-order valence-corrected chi connectivity index (χ4v) is 3.20. The van der Waals surface area contributed by atoms with Crippen LogP contribution in [0.2, 0.25) is 0 Å². The molecule has 0 atom stereocenters. The average Bonchev–Trinajstić information content (AvgIpc) is 2.92. The molecule has 1 aliphatic rings. The highest BCUT2D eigenvalue weighted by Gasteiger charge is 2.53. The molecule has 0 aromatic carbocycles. The van der Waals surface area contributed by atoms with Crippen molar-refractivity contribution in [3.8, 4) is 0 Å². The molecule has 0 spiro atoms. The summed E-state index contributed by atoms with van der Waals surface area (Å²) in [5.41, 5.74) is 0. The van der Waals surface area contributed by atoms with Crippen molar-refractivity contribution >= 4 is 19.7 Å². The molecule has 0 aromatic heterocycles. The smallest absolute Gasteiger partial charge is 0.238 e. The predicted octanol–water partition coefficient (Wildman–Crippen LogP) is 2.27. The summed E-state index contributed by atoms with van der Waals surface area (Å²) in [6, 6.07) is 0. The van der Waals surface area contributed by atoms with Gasteiger partial charge in [-0.2, -0.15) is 0 Å². The van der Waals surface area contributed by atoms with Crippen LogP contribution in [0.3, 0.4) is 0 Å². The zero-order chi connectivity index (χ0) is 12.4. The Bertz CT molecular complexity index is 333. The average molecular weight is 271 g/mol.